The Hall–Kier alpha value is -1.02. The third kappa shape index (κ3) is 4.82. The molecular weight excluding hydrogens is 246 g/mol. The van der Waals surface area contributed by atoms with E-state index in [0.29, 0.717) is 5.92 Å². The lowest BCUT2D eigenvalue weighted by Gasteiger charge is -2.21. The van der Waals surface area contributed by atoms with Crippen LogP contribution in [0.1, 0.15) is 69.1 Å². The zero-order chi connectivity index (χ0) is 15.1. The van der Waals surface area contributed by atoms with E-state index in [1.807, 2.05) is 0 Å². The normalized spacial score (nSPS) is 14.1. The van der Waals surface area contributed by atoms with Gasteiger partial charge in [-0.2, -0.15) is 0 Å². The van der Waals surface area contributed by atoms with Crippen molar-refractivity contribution in [1.82, 2.24) is 0 Å². The summed E-state index contributed by atoms with van der Waals surface area (Å²) in [5.74, 6) is 1.65. The molecule has 0 aliphatic heterocycles. The molecule has 0 radical (unpaired) electrons. The second-order valence-electron chi connectivity index (χ2n) is 5.98. The van der Waals surface area contributed by atoms with Crippen LogP contribution < -0.4 is 10.5 Å². The molecular formula is C18H31NO. The standard InChI is InChI=1S/C18H31NO/c1-6-10-20-18-12-13(3)17(11-14(18)4)16(7-2)9-8-15(5)19/h11-12,15-16H,6-10,19H2,1-5H3. The smallest absolute Gasteiger partial charge is 0.122 e. The van der Waals surface area contributed by atoms with Crippen LogP contribution in [0.5, 0.6) is 5.75 Å². The lowest BCUT2D eigenvalue weighted by atomic mass is 9.87. The average Bonchev–Trinajstić information content (AvgIpc) is 2.40. The maximum Gasteiger partial charge on any atom is 0.122 e. The molecule has 0 aliphatic rings. The number of ether oxygens (including phenoxy) is 1. The van der Waals surface area contributed by atoms with Crippen molar-refractivity contribution in [3.05, 3.63) is 28.8 Å². The molecule has 0 spiro atoms. The van der Waals surface area contributed by atoms with Crippen molar-refractivity contribution in [2.75, 3.05) is 6.61 Å². The van der Waals surface area contributed by atoms with Crippen LogP contribution in [0, 0.1) is 13.8 Å². The van der Waals surface area contributed by atoms with E-state index in [0.717, 1.165) is 25.2 Å². The van der Waals surface area contributed by atoms with Crippen molar-refractivity contribution in [3.8, 4) is 5.75 Å². The minimum Gasteiger partial charge on any atom is -0.493 e. The van der Waals surface area contributed by atoms with E-state index in [-0.39, 0.29) is 6.04 Å². The van der Waals surface area contributed by atoms with Gasteiger partial charge < -0.3 is 10.5 Å². The lowest BCUT2D eigenvalue weighted by molar-refractivity contribution is 0.315. The Kier molecular flexibility index (Phi) is 7.08. The van der Waals surface area contributed by atoms with E-state index < -0.39 is 0 Å². The van der Waals surface area contributed by atoms with Crippen molar-refractivity contribution >= 4 is 0 Å². The Labute approximate surface area is 124 Å². The highest BCUT2D eigenvalue weighted by Gasteiger charge is 2.15. The first kappa shape index (κ1) is 17.0. The molecule has 1 aromatic rings. The first-order valence-corrected chi connectivity index (χ1v) is 7.99. The Morgan fingerprint density at radius 2 is 1.80 bits per heavy atom. The van der Waals surface area contributed by atoms with Gasteiger partial charge in [0.1, 0.15) is 5.75 Å². The zero-order valence-electron chi connectivity index (χ0n) is 13.8. The Morgan fingerprint density at radius 1 is 1.10 bits per heavy atom. The van der Waals surface area contributed by atoms with Gasteiger partial charge in [-0.1, -0.05) is 19.9 Å². The van der Waals surface area contributed by atoms with E-state index >= 15 is 0 Å². The summed E-state index contributed by atoms with van der Waals surface area (Å²) in [6, 6.07) is 4.81. The molecule has 2 atom stereocenters. The van der Waals surface area contributed by atoms with Gasteiger partial charge in [0.05, 0.1) is 6.61 Å². The van der Waals surface area contributed by atoms with Gasteiger partial charge >= 0.3 is 0 Å². The van der Waals surface area contributed by atoms with Gasteiger partial charge in [0.25, 0.3) is 0 Å². The maximum absolute atomic E-state index is 5.90. The quantitative estimate of drug-likeness (QED) is 0.746. The lowest BCUT2D eigenvalue weighted by Crippen LogP contribution is -2.16. The van der Waals surface area contributed by atoms with Crippen LogP contribution in [0.25, 0.3) is 0 Å². The van der Waals surface area contributed by atoms with Gasteiger partial charge in [0.15, 0.2) is 0 Å². The van der Waals surface area contributed by atoms with E-state index in [1.165, 1.54) is 29.5 Å². The predicted octanol–water partition coefficient (Wildman–Crippen LogP) is 4.71. The van der Waals surface area contributed by atoms with Crippen molar-refractivity contribution in [1.29, 1.82) is 0 Å². The number of hydrogen-bond acceptors (Lipinski definition) is 2. The van der Waals surface area contributed by atoms with E-state index in [9.17, 15) is 0 Å². The minimum atomic E-state index is 0.289. The molecule has 0 fully saturated rings. The largest absolute Gasteiger partial charge is 0.493 e. The van der Waals surface area contributed by atoms with Crippen molar-refractivity contribution < 1.29 is 4.74 Å². The Morgan fingerprint density at radius 3 is 2.35 bits per heavy atom. The Bertz CT molecular complexity index is 412. The molecule has 1 rings (SSSR count). The molecule has 0 saturated heterocycles. The molecule has 0 aromatic heterocycles. The van der Waals surface area contributed by atoms with Crippen molar-refractivity contribution in [2.45, 2.75) is 72.3 Å². The van der Waals surface area contributed by atoms with Crippen LogP contribution in [0.3, 0.4) is 0 Å². The number of aryl methyl sites for hydroxylation is 2. The molecule has 20 heavy (non-hydrogen) atoms. The molecule has 0 aliphatic carbocycles. The summed E-state index contributed by atoms with van der Waals surface area (Å²) < 4.78 is 5.81. The van der Waals surface area contributed by atoms with Gasteiger partial charge in [0.2, 0.25) is 0 Å². The molecule has 1 aromatic carbocycles. The van der Waals surface area contributed by atoms with E-state index in [2.05, 4.69) is 46.8 Å². The minimum absolute atomic E-state index is 0.289. The summed E-state index contributed by atoms with van der Waals surface area (Å²) in [6.07, 6.45) is 4.48. The number of rotatable bonds is 8. The third-order valence-electron chi connectivity index (χ3n) is 3.93. The van der Waals surface area contributed by atoms with Gasteiger partial charge in [-0.15, -0.1) is 0 Å². The molecule has 0 heterocycles. The molecule has 2 N–H and O–H groups in total. The van der Waals surface area contributed by atoms with Crippen molar-refractivity contribution in [3.63, 3.8) is 0 Å². The summed E-state index contributed by atoms with van der Waals surface area (Å²) in [5, 5.41) is 0. The third-order valence-corrected chi connectivity index (χ3v) is 3.93. The second kappa shape index (κ2) is 8.31. The maximum atomic E-state index is 5.90. The summed E-state index contributed by atoms with van der Waals surface area (Å²) in [6.45, 7) is 11.6. The summed E-state index contributed by atoms with van der Waals surface area (Å²) >= 11 is 0. The summed E-state index contributed by atoms with van der Waals surface area (Å²) in [7, 11) is 0. The summed E-state index contributed by atoms with van der Waals surface area (Å²) in [4.78, 5) is 0. The molecule has 2 heteroatoms. The molecule has 2 nitrogen and oxygen atoms in total. The fourth-order valence-electron chi connectivity index (χ4n) is 2.66. The van der Waals surface area contributed by atoms with Crippen LogP contribution in [0.4, 0.5) is 0 Å². The van der Waals surface area contributed by atoms with Crippen LogP contribution in [-0.2, 0) is 0 Å². The van der Waals surface area contributed by atoms with Gasteiger partial charge in [-0.25, -0.2) is 0 Å². The van der Waals surface area contributed by atoms with Gasteiger partial charge in [-0.3, -0.25) is 0 Å². The van der Waals surface area contributed by atoms with Crippen LogP contribution in [-0.4, -0.2) is 12.6 Å². The van der Waals surface area contributed by atoms with E-state index in [4.69, 9.17) is 10.5 Å². The highest BCUT2D eigenvalue weighted by atomic mass is 16.5. The summed E-state index contributed by atoms with van der Waals surface area (Å²) in [5.41, 5.74) is 9.96. The second-order valence-corrected chi connectivity index (χ2v) is 5.98. The molecule has 0 amide bonds. The van der Waals surface area contributed by atoms with Crippen LogP contribution in [0.15, 0.2) is 12.1 Å². The average molecular weight is 277 g/mol. The SMILES string of the molecule is CCCOc1cc(C)c(C(CC)CCC(C)N)cc1C. The number of nitrogens with two attached hydrogens (primary N) is 1. The van der Waals surface area contributed by atoms with Crippen LogP contribution in [0.2, 0.25) is 0 Å². The first-order valence-electron chi connectivity index (χ1n) is 7.99. The monoisotopic (exact) mass is 277 g/mol. The number of hydrogen-bond donors (Lipinski definition) is 1. The zero-order valence-corrected chi connectivity index (χ0v) is 13.8. The molecule has 114 valence electrons. The van der Waals surface area contributed by atoms with Crippen LogP contribution >= 0.6 is 0 Å². The van der Waals surface area contributed by atoms with E-state index in [1.54, 1.807) is 0 Å². The molecule has 0 bridgehead atoms. The molecule has 2 unspecified atom stereocenters. The van der Waals surface area contributed by atoms with Gasteiger partial charge in [0, 0.05) is 6.04 Å². The number of benzene rings is 1. The predicted molar refractivity (Wildman–Crippen MR) is 87.6 cm³/mol. The topological polar surface area (TPSA) is 35.2 Å². The highest BCUT2D eigenvalue weighted by Crippen LogP contribution is 2.32. The van der Waals surface area contributed by atoms with Crippen molar-refractivity contribution in [2.24, 2.45) is 5.73 Å². The highest BCUT2D eigenvalue weighted by molar-refractivity contribution is 5.43. The fraction of sp³-hybridized carbons (Fsp3) is 0.667. The first-order chi connectivity index (χ1) is 9.49. The Balaban J connectivity index is 2.90. The fourth-order valence-corrected chi connectivity index (χ4v) is 2.66. The van der Waals surface area contributed by atoms with Gasteiger partial charge in [-0.05, 0) is 75.1 Å². The molecule has 0 saturated carbocycles.